The Kier molecular flexibility index (Phi) is 4.47. The minimum absolute atomic E-state index is 0.104. The Balaban J connectivity index is 1.94. The van der Waals surface area contributed by atoms with Crippen LogP contribution < -0.4 is 11.1 Å². The van der Waals surface area contributed by atoms with Gasteiger partial charge >= 0.3 is 0 Å². The number of halogens is 1. The van der Waals surface area contributed by atoms with Crippen molar-refractivity contribution in [3.8, 4) is 0 Å². The van der Waals surface area contributed by atoms with Crippen molar-refractivity contribution in [3.63, 3.8) is 0 Å². The SMILES string of the molecule is Nc1cccc(F)c1NC(=O)CC1CCSCC1. The lowest BCUT2D eigenvalue weighted by Gasteiger charge is -2.20. The summed E-state index contributed by atoms with van der Waals surface area (Å²) in [5.74, 6) is 2.00. The van der Waals surface area contributed by atoms with Crippen LogP contribution >= 0.6 is 11.8 Å². The largest absolute Gasteiger partial charge is 0.397 e. The third kappa shape index (κ3) is 3.38. The van der Waals surface area contributed by atoms with E-state index >= 15 is 0 Å². The third-order valence-corrected chi connectivity index (χ3v) is 4.17. The van der Waals surface area contributed by atoms with Crippen LogP contribution in [-0.2, 0) is 4.79 Å². The molecule has 1 fully saturated rings. The van der Waals surface area contributed by atoms with Crippen molar-refractivity contribution < 1.29 is 9.18 Å². The van der Waals surface area contributed by atoms with Crippen LogP contribution in [0.15, 0.2) is 18.2 Å². The average molecular weight is 268 g/mol. The van der Waals surface area contributed by atoms with Crippen LogP contribution in [-0.4, -0.2) is 17.4 Å². The van der Waals surface area contributed by atoms with E-state index in [-0.39, 0.29) is 17.3 Å². The predicted molar refractivity (Wildman–Crippen MR) is 74.1 cm³/mol. The molecule has 98 valence electrons. The number of nitrogens with one attached hydrogen (secondary N) is 1. The molecule has 1 heterocycles. The zero-order valence-electron chi connectivity index (χ0n) is 10.1. The van der Waals surface area contributed by atoms with Crippen molar-refractivity contribution in [1.29, 1.82) is 0 Å². The molecule has 3 nitrogen and oxygen atoms in total. The van der Waals surface area contributed by atoms with Crippen LogP contribution in [0.25, 0.3) is 0 Å². The molecule has 0 unspecified atom stereocenters. The lowest BCUT2D eigenvalue weighted by atomic mass is 9.98. The Hall–Kier alpha value is -1.23. The Bertz CT molecular complexity index is 413. The highest BCUT2D eigenvalue weighted by molar-refractivity contribution is 7.99. The van der Waals surface area contributed by atoms with E-state index in [1.54, 1.807) is 6.07 Å². The molecule has 0 bridgehead atoms. The van der Waals surface area contributed by atoms with E-state index in [4.69, 9.17) is 5.73 Å². The van der Waals surface area contributed by atoms with Crippen LogP contribution in [0.3, 0.4) is 0 Å². The minimum atomic E-state index is -0.484. The predicted octanol–water partition coefficient (Wildman–Crippen LogP) is 2.88. The number of thioether (sulfide) groups is 1. The molecule has 3 N–H and O–H groups in total. The normalized spacial score (nSPS) is 16.5. The molecule has 0 spiro atoms. The summed E-state index contributed by atoms with van der Waals surface area (Å²) < 4.78 is 13.5. The topological polar surface area (TPSA) is 55.1 Å². The highest BCUT2D eigenvalue weighted by Crippen LogP contribution is 2.27. The first-order valence-corrected chi connectivity index (χ1v) is 7.24. The standard InChI is InChI=1S/C13H17FN2OS/c14-10-2-1-3-11(15)13(10)16-12(17)8-9-4-6-18-7-5-9/h1-3,9H,4-8,15H2,(H,16,17). The molecular formula is C13H17FN2OS. The first kappa shape index (κ1) is 13.2. The summed E-state index contributed by atoms with van der Waals surface area (Å²) in [7, 11) is 0. The van der Waals surface area contributed by atoms with Gasteiger partial charge in [-0.15, -0.1) is 0 Å². The molecule has 1 aromatic rings. The van der Waals surface area contributed by atoms with Crippen molar-refractivity contribution in [2.45, 2.75) is 19.3 Å². The number of hydrogen-bond donors (Lipinski definition) is 2. The summed E-state index contributed by atoms with van der Waals surface area (Å²) in [5, 5.41) is 2.58. The number of carbonyl (C=O) groups is 1. The van der Waals surface area contributed by atoms with E-state index in [0.717, 1.165) is 24.3 Å². The van der Waals surface area contributed by atoms with E-state index in [1.165, 1.54) is 12.1 Å². The fraction of sp³-hybridized carbons (Fsp3) is 0.462. The number of para-hydroxylation sites is 1. The summed E-state index contributed by atoms with van der Waals surface area (Å²) in [4.78, 5) is 11.8. The highest BCUT2D eigenvalue weighted by Gasteiger charge is 2.18. The van der Waals surface area contributed by atoms with Crippen molar-refractivity contribution in [1.82, 2.24) is 0 Å². The van der Waals surface area contributed by atoms with Crippen molar-refractivity contribution in [3.05, 3.63) is 24.0 Å². The van der Waals surface area contributed by atoms with Crippen LogP contribution in [0, 0.1) is 11.7 Å². The maximum atomic E-state index is 13.5. The number of hydrogen-bond acceptors (Lipinski definition) is 3. The number of rotatable bonds is 3. The van der Waals surface area contributed by atoms with Crippen LogP contribution in [0.5, 0.6) is 0 Å². The number of nitrogen functional groups attached to an aromatic ring is 1. The molecule has 1 saturated heterocycles. The van der Waals surface area contributed by atoms with Gasteiger partial charge in [-0.25, -0.2) is 4.39 Å². The van der Waals surface area contributed by atoms with Gasteiger partial charge in [0.05, 0.1) is 5.69 Å². The van der Waals surface area contributed by atoms with Crippen molar-refractivity contribution in [2.75, 3.05) is 22.6 Å². The smallest absolute Gasteiger partial charge is 0.224 e. The Labute approximate surface area is 110 Å². The Morgan fingerprint density at radius 1 is 1.44 bits per heavy atom. The monoisotopic (exact) mass is 268 g/mol. The lowest BCUT2D eigenvalue weighted by molar-refractivity contribution is -0.117. The zero-order valence-corrected chi connectivity index (χ0v) is 10.9. The molecular weight excluding hydrogens is 251 g/mol. The van der Waals surface area contributed by atoms with Crippen molar-refractivity contribution in [2.24, 2.45) is 5.92 Å². The summed E-state index contributed by atoms with van der Waals surface area (Å²) in [6, 6.07) is 4.40. The van der Waals surface area contributed by atoms with E-state index in [1.807, 2.05) is 11.8 Å². The summed E-state index contributed by atoms with van der Waals surface area (Å²) >= 11 is 1.92. The molecule has 1 aliphatic rings. The first-order valence-electron chi connectivity index (χ1n) is 6.08. The fourth-order valence-corrected chi connectivity index (χ4v) is 3.28. The van der Waals surface area contributed by atoms with Crippen LogP contribution in [0.2, 0.25) is 0 Å². The number of benzene rings is 1. The molecule has 1 aliphatic heterocycles. The summed E-state index contributed by atoms with van der Waals surface area (Å²) in [6.45, 7) is 0. The van der Waals surface area contributed by atoms with Gasteiger partial charge < -0.3 is 11.1 Å². The summed E-state index contributed by atoms with van der Waals surface area (Å²) in [5.41, 5.74) is 6.02. The van der Waals surface area contributed by atoms with Gasteiger partial charge in [0.1, 0.15) is 11.5 Å². The minimum Gasteiger partial charge on any atom is -0.397 e. The number of amides is 1. The van der Waals surface area contributed by atoms with E-state index in [2.05, 4.69) is 5.32 Å². The Morgan fingerprint density at radius 3 is 2.83 bits per heavy atom. The first-order chi connectivity index (χ1) is 8.66. The zero-order chi connectivity index (χ0) is 13.0. The van der Waals surface area contributed by atoms with Gasteiger partial charge in [-0.05, 0) is 42.4 Å². The molecule has 18 heavy (non-hydrogen) atoms. The second-order valence-electron chi connectivity index (χ2n) is 4.51. The van der Waals surface area contributed by atoms with Gasteiger partial charge in [0, 0.05) is 6.42 Å². The quantitative estimate of drug-likeness (QED) is 0.829. The summed E-state index contributed by atoms with van der Waals surface area (Å²) in [6.07, 6.45) is 2.57. The van der Waals surface area contributed by atoms with Gasteiger partial charge in [0.25, 0.3) is 0 Å². The molecule has 5 heteroatoms. The molecule has 2 rings (SSSR count). The van der Waals surface area contributed by atoms with Crippen molar-refractivity contribution >= 4 is 29.0 Å². The number of anilines is 2. The Morgan fingerprint density at radius 2 is 2.17 bits per heavy atom. The second kappa shape index (κ2) is 6.09. The molecule has 1 amide bonds. The van der Waals surface area contributed by atoms with Gasteiger partial charge in [-0.1, -0.05) is 6.07 Å². The maximum Gasteiger partial charge on any atom is 0.224 e. The van der Waals surface area contributed by atoms with E-state index < -0.39 is 5.82 Å². The molecule has 0 aliphatic carbocycles. The number of carbonyl (C=O) groups excluding carboxylic acids is 1. The third-order valence-electron chi connectivity index (χ3n) is 3.13. The van der Waals surface area contributed by atoms with Gasteiger partial charge in [-0.2, -0.15) is 11.8 Å². The number of nitrogens with two attached hydrogens (primary N) is 1. The molecule has 0 aromatic heterocycles. The van der Waals surface area contributed by atoms with E-state index in [0.29, 0.717) is 12.3 Å². The molecule has 0 radical (unpaired) electrons. The lowest BCUT2D eigenvalue weighted by Crippen LogP contribution is -2.20. The highest BCUT2D eigenvalue weighted by atomic mass is 32.2. The second-order valence-corrected chi connectivity index (χ2v) is 5.74. The molecule has 0 atom stereocenters. The maximum absolute atomic E-state index is 13.5. The van der Waals surface area contributed by atoms with Gasteiger partial charge in [0.2, 0.25) is 5.91 Å². The average Bonchev–Trinajstić information content (AvgIpc) is 2.35. The van der Waals surface area contributed by atoms with Gasteiger partial charge in [-0.3, -0.25) is 4.79 Å². The van der Waals surface area contributed by atoms with E-state index in [9.17, 15) is 9.18 Å². The van der Waals surface area contributed by atoms with Crippen LogP contribution in [0.4, 0.5) is 15.8 Å². The molecule has 0 saturated carbocycles. The van der Waals surface area contributed by atoms with Gasteiger partial charge in [0.15, 0.2) is 0 Å². The van der Waals surface area contributed by atoms with Crippen LogP contribution in [0.1, 0.15) is 19.3 Å². The molecule has 1 aromatic carbocycles. The fourth-order valence-electron chi connectivity index (χ4n) is 2.08.